The van der Waals surface area contributed by atoms with Crippen LogP contribution in [0.15, 0.2) is 72.8 Å². The van der Waals surface area contributed by atoms with Gasteiger partial charge in [0, 0.05) is 16.5 Å². The second-order valence-electron chi connectivity index (χ2n) is 34.1. The number of hydrogen-bond acceptors (Lipinski definition) is 5. The van der Waals surface area contributed by atoms with E-state index in [0.717, 1.165) is 54.4 Å². The Hall–Kier alpha value is -4.34. The molecule has 1 unspecified atom stereocenters. The lowest BCUT2D eigenvalue weighted by Gasteiger charge is -2.46. The van der Waals surface area contributed by atoms with Crippen molar-refractivity contribution in [2.24, 2.45) is 0 Å². The van der Waals surface area contributed by atoms with Gasteiger partial charge in [0.05, 0.1) is 0 Å². The van der Waals surface area contributed by atoms with E-state index in [-0.39, 0.29) is 43.3 Å². The molecule has 1 atom stereocenters. The lowest BCUT2D eigenvalue weighted by Crippen LogP contribution is -2.34. The second kappa shape index (κ2) is 22.6. The molecule has 7 heteroatoms. The number of hydrogen-bond donors (Lipinski definition) is 2. The van der Waals surface area contributed by atoms with E-state index in [0.29, 0.717) is 11.5 Å². The summed E-state index contributed by atoms with van der Waals surface area (Å²) in [5.41, 5.74) is 23.0. The molecule has 0 radical (unpaired) electrons. The van der Waals surface area contributed by atoms with Gasteiger partial charge >= 0.3 is 17.2 Å². The highest BCUT2D eigenvalue weighted by Gasteiger charge is 2.49. The fourth-order valence-electron chi connectivity index (χ4n) is 14.2. The van der Waals surface area contributed by atoms with Crippen LogP contribution in [0, 0.1) is 27.7 Å². The highest BCUT2D eigenvalue weighted by atomic mass is 31.2. The number of aryl methyl sites for hydroxylation is 4. The van der Waals surface area contributed by atoms with Crippen LogP contribution in [-0.4, -0.2) is 9.79 Å². The van der Waals surface area contributed by atoms with Gasteiger partial charge in [0.15, 0.2) is 0 Å². The number of rotatable bonds is 6. The second-order valence-corrected chi connectivity index (χ2v) is 36.0. The quantitative estimate of drug-likeness (QED) is 0.163. The maximum Gasteiger partial charge on any atom is 0.470 e. The molecule has 5 nitrogen and oxygen atoms in total. The Morgan fingerprint density at radius 3 is 0.871 bits per heavy atom. The molecule has 6 aromatic carbocycles. The molecule has 0 saturated heterocycles. The van der Waals surface area contributed by atoms with E-state index >= 15 is 0 Å². The Balaban J connectivity index is 2.07. The highest BCUT2D eigenvalue weighted by molar-refractivity contribution is 7.55. The maximum absolute atomic E-state index is 11.4. The first-order chi connectivity index (χ1) is 38.7. The third-order valence-corrected chi connectivity index (χ3v) is 19.9. The first-order valence-electron chi connectivity index (χ1n) is 31.7. The van der Waals surface area contributed by atoms with E-state index < -0.39 is 22.6 Å². The minimum Gasteiger partial charge on any atom is -0.418 e. The summed E-state index contributed by atoms with van der Waals surface area (Å²) in [6.45, 7) is 66.5. The summed E-state index contributed by atoms with van der Waals surface area (Å²) in [6.07, 6.45) is 5.07. The summed E-state index contributed by atoms with van der Waals surface area (Å²) < 4.78 is 21.9. The lowest BCUT2D eigenvalue weighted by atomic mass is 9.57. The Bertz CT molecular complexity index is 3180. The van der Waals surface area contributed by atoms with Crippen LogP contribution in [0.4, 0.5) is 0 Å². The van der Waals surface area contributed by atoms with E-state index in [1.807, 2.05) is 0 Å². The zero-order chi connectivity index (χ0) is 63.7. The van der Waals surface area contributed by atoms with Crippen molar-refractivity contribution in [3.05, 3.63) is 151 Å². The molecule has 0 amide bonds. The topological polar surface area (TPSA) is 68.2 Å². The SMILES string of the molecule is Cc1cc(C(C)(C)C)c(-c2c3c(-c4c(C(C)(C)C)cc(C)cc4C(C)(C)C)c(-c4c(C(C)(C)C)cc(C)cc4C(C)(C)C)c(c2-c2c(C(C)(C)C)cc(C)cc2C(C)(C)C)C2(CCCCC2)c2ccc(cc2)OP(OP(O)O)O3)c(C(C)(C)C)c1. The lowest BCUT2D eigenvalue weighted by molar-refractivity contribution is 0.331. The van der Waals surface area contributed by atoms with Crippen molar-refractivity contribution in [3.8, 4) is 56.0 Å². The summed E-state index contributed by atoms with van der Waals surface area (Å²) in [4.78, 5) is 22.8. The first kappa shape index (κ1) is 66.6. The normalized spacial score (nSPS) is 16.4. The minimum absolute atomic E-state index is 0.356. The summed E-state index contributed by atoms with van der Waals surface area (Å²) in [7, 11) is -5.60. The molecule has 0 aromatic heterocycles. The predicted octanol–water partition coefficient (Wildman–Crippen LogP) is 23.4. The van der Waals surface area contributed by atoms with Crippen LogP contribution in [0.2, 0.25) is 0 Å². The average molecular weight is 1190 g/mol. The average Bonchev–Trinajstić information content (AvgIpc) is 0.707. The van der Waals surface area contributed by atoms with Gasteiger partial charge in [-0.3, -0.25) is 0 Å². The van der Waals surface area contributed by atoms with E-state index in [4.69, 9.17) is 13.4 Å². The van der Waals surface area contributed by atoms with Crippen LogP contribution in [0.3, 0.4) is 0 Å². The van der Waals surface area contributed by atoms with Crippen LogP contribution in [0.25, 0.3) is 44.5 Å². The van der Waals surface area contributed by atoms with Crippen molar-refractivity contribution in [1.29, 1.82) is 0 Å². The molecule has 1 aliphatic carbocycles. The van der Waals surface area contributed by atoms with Crippen LogP contribution in [0.1, 0.15) is 276 Å². The molecule has 6 aromatic rings. The van der Waals surface area contributed by atoms with Gasteiger partial charge < -0.3 is 18.8 Å². The van der Waals surface area contributed by atoms with Crippen LogP contribution in [0.5, 0.6) is 11.5 Å². The molecule has 460 valence electrons. The molecular formula is C78H108O5P2. The molecule has 1 fully saturated rings. The van der Waals surface area contributed by atoms with Crippen molar-refractivity contribution in [1.82, 2.24) is 0 Å². The van der Waals surface area contributed by atoms with Crippen molar-refractivity contribution in [2.45, 2.75) is 275 Å². The summed E-state index contributed by atoms with van der Waals surface area (Å²) >= 11 is 0. The molecule has 4 heterocycles. The largest absolute Gasteiger partial charge is 0.470 e. The summed E-state index contributed by atoms with van der Waals surface area (Å²) in [5.74, 6) is 1.18. The zero-order valence-electron chi connectivity index (χ0n) is 58.0. The number of benzene rings is 6. The van der Waals surface area contributed by atoms with E-state index in [2.05, 4.69) is 267 Å². The van der Waals surface area contributed by atoms with Crippen LogP contribution >= 0.6 is 17.2 Å². The van der Waals surface area contributed by atoms with E-state index in [1.165, 1.54) is 100 Å². The molecular weight excluding hydrogens is 1080 g/mol. The summed E-state index contributed by atoms with van der Waals surface area (Å²) in [6, 6.07) is 28.6. The molecule has 4 aliphatic heterocycles. The van der Waals surface area contributed by atoms with Gasteiger partial charge in [-0.15, -0.1) is 0 Å². The van der Waals surface area contributed by atoms with Crippen molar-refractivity contribution in [3.63, 3.8) is 0 Å². The van der Waals surface area contributed by atoms with Crippen LogP contribution < -0.4 is 9.05 Å². The Kier molecular flexibility index (Phi) is 17.7. The van der Waals surface area contributed by atoms with Crippen molar-refractivity contribution < 1.29 is 23.1 Å². The monoisotopic (exact) mass is 1190 g/mol. The van der Waals surface area contributed by atoms with Gasteiger partial charge in [0.25, 0.3) is 0 Å². The van der Waals surface area contributed by atoms with Crippen molar-refractivity contribution in [2.75, 3.05) is 0 Å². The highest BCUT2D eigenvalue weighted by Crippen LogP contribution is 2.68. The zero-order valence-corrected chi connectivity index (χ0v) is 59.8. The maximum atomic E-state index is 11.4. The van der Waals surface area contributed by atoms with E-state index in [9.17, 15) is 9.79 Å². The third kappa shape index (κ3) is 13.1. The van der Waals surface area contributed by atoms with E-state index in [1.54, 1.807) is 0 Å². The Morgan fingerprint density at radius 1 is 0.365 bits per heavy atom. The molecule has 11 rings (SSSR count). The van der Waals surface area contributed by atoms with Gasteiger partial charge in [-0.2, -0.15) is 0 Å². The van der Waals surface area contributed by atoms with Gasteiger partial charge in [0.2, 0.25) is 0 Å². The van der Waals surface area contributed by atoms with Gasteiger partial charge in [-0.1, -0.05) is 268 Å². The predicted molar refractivity (Wildman–Crippen MR) is 368 cm³/mol. The summed E-state index contributed by atoms with van der Waals surface area (Å²) in [5, 5.41) is 0. The fourth-order valence-corrected chi connectivity index (χ4v) is 15.6. The van der Waals surface area contributed by atoms with Crippen molar-refractivity contribution >= 4 is 17.2 Å². The minimum atomic E-state index is -2.99. The standard InChI is InChI=1S/C78H108O5P2/c1-46-38-52(70(5,6)7)60(53(39-46)71(8,9)10)64-66(62-56(74(17,18)19)42-48(3)43-57(62)75(20,21)22)69-67(63-58(76(23,24)25)44-49(4)45-59(63)77(26,27)28)65(61-54(72(11,12)13)40-47(2)41-55(61)73(14,15)16)68(64)78(36-30-29-31-37-78)50-32-34-51(35-33-50)81-85(82-69)83-84(79)80/h32-35,38-45,79-80H,29-31,36-37H2,1-28H3. The van der Waals surface area contributed by atoms with Gasteiger partial charge in [-0.25, -0.2) is 4.31 Å². The molecule has 2 N–H and O–H groups in total. The molecule has 1 saturated carbocycles. The van der Waals surface area contributed by atoms with Crippen LogP contribution in [-0.2, 0) is 53.0 Å². The molecule has 5 aliphatic rings. The molecule has 85 heavy (non-hydrogen) atoms. The Labute approximate surface area is 518 Å². The van der Waals surface area contributed by atoms with Gasteiger partial charge in [-0.05, 0) is 185 Å². The fraction of sp³-hybridized carbons (Fsp3) is 0.538. The first-order valence-corrected chi connectivity index (χ1v) is 33.9. The Morgan fingerprint density at radius 2 is 0.624 bits per heavy atom. The smallest absolute Gasteiger partial charge is 0.418 e. The third-order valence-electron chi connectivity index (χ3n) is 18.1. The van der Waals surface area contributed by atoms with Gasteiger partial charge in [0.1, 0.15) is 11.5 Å². The molecule has 1 spiro atoms. The molecule has 4 bridgehead atoms.